The second kappa shape index (κ2) is 11.1. The molecule has 2 N–H and O–H groups in total. The van der Waals surface area contributed by atoms with Crippen molar-refractivity contribution >= 4 is 17.0 Å². The van der Waals surface area contributed by atoms with Gasteiger partial charge in [-0.05, 0) is 49.1 Å². The topological polar surface area (TPSA) is 75.8 Å². The number of aromatic nitrogens is 1. The van der Waals surface area contributed by atoms with Gasteiger partial charge in [-0.1, -0.05) is 30.3 Å². The number of ether oxygens (including phenoxy) is 3. The van der Waals surface area contributed by atoms with Crippen molar-refractivity contribution in [1.29, 1.82) is 0 Å². The van der Waals surface area contributed by atoms with Crippen LogP contribution >= 0.6 is 0 Å². The number of aromatic amines is 1. The monoisotopic (exact) mass is 513 g/mol. The van der Waals surface area contributed by atoms with Gasteiger partial charge in [0.2, 0.25) is 0 Å². The highest BCUT2D eigenvalue weighted by Gasteiger charge is 2.45. The predicted molar refractivity (Wildman–Crippen MR) is 137 cm³/mol. The largest absolute Gasteiger partial charge is 0.490 e. The number of nitrogens with zero attached hydrogens (tertiary/aromatic N) is 1. The number of alkyl halides is 2. The molecule has 2 atom stereocenters. The summed E-state index contributed by atoms with van der Waals surface area (Å²) in [6.45, 7) is 2.65. The summed E-state index contributed by atoms with van der Waals surface area (Å²) in [5.41, 5.74) is 3.05. The van der Waals surface area contributed by atoms with Gasteiger partial charge in [0.25, 0.3) is 0 Å². The van der Waals surface area contributed by atoms with E-state index in [1.54, 1.807) is 0 Å². The number of alkyl carbamates (subject to hydrolysis) is 1. The third-order valence-electron chi connectivity index (χ3n) is 7.04. The Morgan fingerprint density at radius 1 is 1.22 bits per heavy atom. The van der Waals surface area contributed by atoms with Gasteiger partial charge in [-0.2, -0.15) is 0 Å². The van der Waals surface area contributed by atoms with Crippen molar-refractivity contribution in [3.05, 3.63) is 65.4 Å². The van der Waals surface area contributed by atoms with Crippen LogP contribution in [0.5, 0.6) is 5.75 Å². The molecule has 2 aliphatic rings. The highest BCUT2D eigenvalue weighted by Crippen LogP contribution is 2.43. The van der Waals surface area contributed by atoms with Crippen LogP contribution in [-0.4, -0.2) is 73.9 Å². The fraction of sp³-hybridized carbons (Fsp3) is 0.464. The number of rotatable bonds is 10. The molecule has 3 heterocycles. The first-order valence-corrected chi connectivity index (χ1v) is 12.8. The summed E-state index contributed by atoms with van der Waals surface area (Å²) in [6, 6.07) is 16.0. The molecule has 1 aromatic heterocycles. The van der Waals surface area contributed by atoms with Gasteiger partial charge in [0.15, 0.2) is 5.67 Å². The lowest BCUT2D eigenvalue weighted by Gasteiger charge is -2.46. The fourth-order valence-corrected chi connectivity index (χ4v) is 5.23. The van der Waals surface area contributed by atoms with Crippen LogP contribution in [0.25, 0.3) is 10.9 Å². The highest BCUT2D eigenvalue weighted by atomic mass is 19.1. The summed E-state index contributed by atoms with van der Waals surface area (Å²) < 4.78 is 43.6. The Labute approximate surface area is 215 Å². The summed E-state index contributed by atoms with van der Waals surface area (Å²) in [6.07, 6.45) is 0.487. The van der Waals surface area contributed by atoms with Gasteiger partial charge >= 0.3 is 6.09 Å². The normalized spacial score (nSPS) is 20.7. The predicted octanol–water partition coefficient (Wildman–Crippen LogP) is 4.71. The average Bonchev–Trinajstić information content (AvgIpc) is 3.24. The van der Waals surface area contributed by atoms with Gasteiger partial charge in [-0.25, -0.2) is 9.18 Å². The number of para-hydroxylation sites is 1. The zero-order valence-corrected chi connectivity index (χ0v) is 21.0. The van der Waals surface area contributed by atoms with Crippen molar-refractivity contribution in [2.24, 2.45) is 0 Å². The van der Waals surface area contributed by atoms with E-state index in [0.717, 1.165) is 23.2 Å². The van der Waals surface area contributed by atoms with Gasteiger partial charge in [0, 0.05) is 35.7 Å². The number of fused-ring (bicyclic) bond motifs is 3. The van der Waals surface area contributed by atoms with Crippen LogP contribution in [0.4, 0.5) is 13.6 Å². The van der Waals surface area contributed by atoms with Gasteiger partial charge in [0.1, 0.15) is 19.0 Å². The van der Waals surface area contributed by atoms with E-state index in [1.807, 2.05) is 36.4 Å². The van der Waals surface area contributed by atoms with Crippen LogP contribution in [0, 0.1) is 0 Å². The molecule has 3 aromatic rings. The standard InChI is InChI=1S/C28H33F2N3O4/c1-19-14-23-22-8-2-3-9-24(22)32-25(23)26(33(19)16-28(30)17-35-18-28)20-6-4-7-21(15-20)36-12-13-37-27(34)31-11-5-10-29/h2-4,6-9,15,19,26,32H,5,10-14,16-18H2,1H3,(H,31,34)/t19-,26-/m1/s1. The molecule has 0 unspecified atom stereocenters. The fourth-order valence-electron chi connectivity index (χ4n) is 5.23. The Kier molecular flexibility index (Phi) is 7.62. The molecule has 1 fully saturated rings. The summed E-state index contributed by atoms with van der Waals surface area (Å²) in [7, 11) is 0. The molecule has 0 saturated carbocycles. The van der Waals surface area contributed by atoms with Crippen LogP contribution in [0.1, 0.15) is 36.2 Å². The van der Waals surface area contributed by atoms with E-state index in [2.05, 4.69) is 34.3 Å². The van der Waals surface area contributed by atoms with E-state index in [4.69, 9.17) is 14.2 Å². The first-order valence-electron chi connectivity index (χ1n) is 12.8. The maximum absolute atomic E-state index is 15.3. The lowest BCUT2D eigenvalue weighted by molar-refractivity contribution is -0.147. The zero-order valence-electron chi connectivity index (χ0n) is 21.0. The SMILES string of the molecule is C[C@@H]1Cc2c([nH]c3ccccc23)[C@@H](c2cccc(OCCOC(=O)NCCCF)c2)N1CC1(F)COC1. The second-order valence-electron chi connectivity index (χ2n) is 9.86. The van der Waals surface area contributed by atoms with Crippen LogP contribution in [0.3, 0.4) is 0 Å². The molecule has 0 aliphatic carbocycles. The van der Waals surface area contributed by atoms with Crippen LogP contribution < -0.4 is 10.1 Å². The first-order chi connectivity index (χ1) is 18.0. The highest BCUT2D eigenvalue weighted by molar-refractivity contribution is 5.85. The van der Waals surface area contributed by atoms with Crippen LogP contribution in [-0.2, 0) is 15.9 Å². The number of benzene rings is 2. The second-order valence-corrected chi connectivity index (χ2v) is 9.86. The molecule has 0 bridgehead atoms. The molecule has 198 valence electrons. The molecule has 9 heteroatoms. The van der Waals surface area contributed by atoms with Gasteiger partial charge < -0.3 is 24.5 Å². The summed E-state index contributed by atoms with van der Waals surface area (Å²) in [5.74, 6) is 0.636. The molecule has 2 aromatic carbocycles. The molecule has 5 rings (SSSR count). The number of halogens is 2. The molecule has 1 amide bonds. The van der Waals surface area contributed by atoms with Crippen molar-refractivity contribution in [3.8, 4) is 5.75 Å². The molecular formula is C28H33F2N3O4. The zero-order chi connectivity index (χ0) is 25.8. The molecule has 37 heavy (non-hydrogen) atoms. The van der Waals surface area contributed by atoms with E-state index >= 15 is 4.39 Å². The minimum Gasteiger partial charge on any atom is -0.490 e. The van der Waals surface area contributed by atoms with Crippen molar-refractivity contribution in [2.45, 2.75) is 37.5 Å². The Balaban J connectivity index is 1.36. The van der Waals surface area contributed by atoms with Gasteiger partial charge in [0.05, 0.1) is 25.9 Å². The molecule has 0 radical (unpaired) electrons. The summed E-state index contributed by atoms with van der Waals surface area (Å²) in [5, 5.41) is 3.69. The number of hydrogen-bond acceptors (Lipinski definition) is 5. The van der Waals surface area contributed by atoms with Crippen molar-refractivity contribution < 1.29 is 27.8 Å². The van der Waals surface area contributed by atoms with Crippen LogP contribution in [0.2, 0.25) is 0 Å². The van der Waals surface area contributed by atoms with Gasteiger partial charge in [-0.15, -0.1) is 0 Å². The Morgan fingerprint density at radius 3 is 2.84 bits per heavy atom. The first kappa shape index (κ1) is 25.5. The van der Waals surface area contributed by atoms with E-state index in [0.29, 0.717) is 5.75 Å². The number of carbonyl (C=O) groups excluding carboxylic acids is 1. The molecule has 2 aliphatic heterocycles. The number of H-pyrrole nitrogens is 1. The number of carbonyl (C=O) groups is 1. The van der Waals surface area contributed by atoms with E-state index < -0.39 is 18.4 Å². The maximum atomic E-state index is 15.3. The van der Waals surface area contributed by atoms with E-state index in [-0.39, 0.29) is 58.0 Å². The quantitative estimate of drug-likeness (QED) is 0.384. The van der Waals surface area contributed by atoms with E-state index in [1.165, 1.54) is 10.9 Å². The van der Waals surface area contributed by atoms with E-state index in [9.17, 15) is 9.18 Å². The lowest BCUT2D eigenvalue weighted by Crippen LogP contribution is -2.57. The third-order valence-corrected chi connectivity index (χ3v) is 7.04. The van der Waals surface area contributed by atoms with Crippen molar-refractivity contribution in [1.82, 2.24) is 15.2 Å². The number of amides is 1. The smallest absolute Gasteiger partial charge is 0.407 e. The molecule has 0 spiro atoms. The number of hydrogen-bond donors (Lipinski definition) is 2. The molecule has 7 nitrogen and oxygen atoms in total. The third kappa shape index (κ3) is 5.57. The Bertz CT molecular complexity index is 1230. The van der Waals surface area contributed by atoms with Crippen molar-refractivity contribution in [2.75, 3.05) is 46.2 Å². The Hall–Kier alpha value is -3.17. The molecule has 1 saturated heterocycles. The Morgan fingerprint density at radius 2 is 2.05 bits per heavy atom. The minimum atomic E-state index is -1.35. The van der Waals surface area contributed by atoms with Crippen LogP contribution in [0.15, 0.2) is 48.5 Å². The molecular weight excluding hydrogens is 480 g/mol. The number of nitrogens with one attached hydrogen (secondary N) is 2. The van der Waals surface area contributed by atoms with Crippen molar-refractivity contribution in [3.63, 3.8) is 0 Å². The summed E-state index contributed by atoms with van der Waals surface area (Å²) >= 11 is 0. The average molecular weight is 514 g/mol. The maximum Gasteiger partial charge on any atom is 0.407 e. The minimum absolute atomic E-state index is 0.0643. The summed E-state index contributed by atoms with van der Waals surface area (Å²) in [4.78, 5) is 17.5. The lowest BCUT2D eigenvalue weighted by atomic mass is 9.87. The van der Waals surface area contributed by atoms with Gasteiger partial charge in [-0.3, -0.25) is 9.29 Å².